The van der Waals surface area contributed by atoms with E-state index in [0.29, 0.717) is 36.9 Å². The van der Waals surface area contributed by atoms with Crippen LogP contribution < -0.4 is 5.32 Å². The van der Waals surface area contributed by atoms with Crippen LogP contribution in [-0.2, 0) is 4.79 Å². The van der Waals surface area contributed by atoms with Crippen LogP contribution in [0.15, 0.2) is 18.2 Å². The molecule has 1 saturated heterocycles. The zero-order valence-corrected chi connectivity index (χ0v) is 15.5. The maximum atomic E-state index is 12.6. The summed E-state index contributed by atoms with van der Waals surface area (Å²) in [6, 6.07) is 5.41. The molecule has 0 radical (unpaired) electrons. The van der Waals surface area contributed by atoms with Crippen molar-refractivity contribution in [2.24, 2.45) is 5.92 Å². The molecule has 0 bridgehead atoms. The number of nitrogens with zero attached hydrogens (tertiary/aromatic N) is 2. The Balaban J connectivity index is 1.51. The molecule has 136 valence electrons. The van der Waals surface area contributed by atoms with Crippen LogP contribution in [0.4, 0.5) is 10.5 Å². The van der Waals surface area contributed by atoms with E-state index in [1.807, 2.05) is 30.0 Å². The lowest BCUT2D eigenvalue weighted by atomic mass is 9.88. The van der Waals surface area contributed by atoms with Crippen LogP contribution in [0.25, 0.3) is 0 Å². The molecule has 1 saturated carbocycles. The van der Waals surface area contributed by atoms with E-state index >= 15 is 0 Å². The normalized spacial score (nSPS) is 19.0. The van der Waals surface area contributed by atoms with Gasteiger partial charge in [-0.3, -0.25) is 4.79 Å². The molecule has 5 nitrogen and oxygen atoms in total. The highest BCUT2D eigenvalue weighted by molar-refractivity contribution is 6.33. The number of piperazine rings is 1. The van der Waals surface area contributed by atoms with Crippen molar-refractivity contribution in [3.63, 3.8) is 0 Å². The number of benzene rings is 1. The maximum Gasteiger partial charge on any atom is 0.322 e. The first-order chi connectivity index (χ1) is 12.0. The van der Waals surface area contributed by atoms with Crippen LogP contribution in [0.3, 0.4) is 0 Å². The van der Waals surface area contributed by atoms with E-state index in [0.717, 1.165) is 31.2 Å². The van der Waals surface area contributed by atoms with Crippen LogP contribution >= 0.6 is 11.6 Å². The number of hydrogen-bond acceptors (Lipinski definition) is 2. The van der Waals surface area contributed by atoms with Gasteiger partial charge in [0.2, 0.25) is 5.91 Å². The van der Waals surface area contributed by atoms with Crippen molar-refractivity contribution >= 4 is 29.2 Å². The largest absolute Gasteiger partial charge is 0.339 e. The van der Waals surface area contributed by atoms with Gasteiger partial charge in [-0.05, 0) is 37.5 Å². The molecule has 0 unspecified atom stereocenters. The molecule has 1 aliphatic heterocycles. The van der Waals surface area contributed by atoms with E-state index < -0.39 is 0 Å². The summed E-state index contributed by atoms with van der Waals surface area (Å²) < 4.78 is 0. The molecule has 1 aromatic rings. The van der Waals surface area contributed by atoms with E-state index in [1.165, 1.54) is 6.42 Å². The third-order valence-electron chi connectivity index (χ3n) is 5.20. The number of rotatable bonds is 2. The van der Waals surface area contributed by atoms with E-state index in [-0.39, 0.29) is 17.9 Å². The second-order valence-corrected chi connectivity index (χ2v) is 7.47. The van der Waals surface area contributed by atoms with Crippen molar-refractivity contribution in [1.29, 1.82) is 0 Å². The van der Waals surface area contributed by atoms with Crippen LogP contribution in [0.5, 0.6) is 0 Å². The van der Waals surface area contributed by atoms with Gasteiger partial charge in [-0.1, -0.05) is 36.9 Å². The average Bonchev–Trinajstić information content (AvgIpc) is 2.64. The molecule has 1 N–H and O–H groups in total. The molecule has 1 aromatic carbocycles. The quantitative estimate of drug-likeness (QED) is 0.866. The Kier molecular flexibility index (Phi) is 5.84. The van der Waals surface area contributed by atoms with Crippen molar-refractivity contribution in [1.82, 2.24) is 9.80 Å². The SMILES string of the molecule is Cc1ccc(NC(=O)N2CCN(C(=O)C3CCCCC3)CC2)c(Cl)c1. The molecule has 6 heteroatoms. The van der Waals surface area contributed by atoms with E-state index in [9.17, 15) is 9.59 Å². The number of carbonyl (C=O) groups is 2. The molecule has 1 aliphatic carbocycles. The second-order valence-electron chi connectivity index (χ2n) is 7.06. The van der Waals surface area contributed by atoms with Gasteiger partial charge in [0, 0.05) is 32.1 Å². The van der Waals surface area contributed by atoms with Gasteiger partial charge in [0.15, 0.2) is 0 Å². The van der Waals surface area contributed by atoms with Crippen LogP contribution in [0.2, 0.25) is 5.02 Å². The first-order valence-electron chi connectivity index (χ1n) is 9.15. The van der Waals surface area contributed by atoms with Gasteiger partial charge in [0.25, 0.3) is 0 Å². The van der Waals surface area contributed by atoms with Crippen molar-refractivity contribution in [2.45, 2.75) is 39.0 Å². The molecule has 0 atom stereocenters. The molecule has 0 aromatic heterocycles. The molecule has 3 amide bonds. The number of halogens is 1. The zero-order valence-electron chi connectivity index (χ0n) is 14.8. The van der Waals surface area contributed by atoms with E-state index in [4.69, 9.17) is 11.6 Å². The number of hydrogen-bond donors (Lipinski definition) is 1. The fourth-order valence-corrected chi connectivity index (χ4v) is 3.94. The first-order valence-corrected chi connectivity index (χ1v) is 9.53. The van der Waals surface area contributed by atoms with Crippen LogP contribution in [0.1, 0.15) is 37.7 Å². The number of aryl methyl sites for hydroxylation is 1. The smallest absolute Gasteiger partial charge is 0.322 e. The summed E-state index contributed by atoms with van der Waals surface area (Å²) in [4.78, 5) is 28.7. The van der Waals surface area contributed by atoms with Crippen molar-refractivity contribution in [3.8, 4) is 0 Å². The van der Waals surface area contributed by atoms with Crippen molar-refractivity contribution in [2.75, 3.05) is 31.5 Å². The minimum absolute atomic E-state index is 0.157. The fourth-order valence-electron chi connectivity index (χ4n) is 3.65. The first kappa shape index (κ1) is 18.1. The Bertz CT molecular complexity index is 636. The van der Waals surface area contributed by atoms with Gasteiger partial charge in [-0.15, -0.1) is 0 Å². The molecular formula is C19H26ClN3O2. The molecule has 3 rings (SSSR count). The lowest BCUT2D eigenvalue weighted by Crippen LogP contribution is -2.53. The summed E-state index contributed by atoms with van der Waals surface area (Å²) in [5.41, 5.74) is 1.68. The van der Waals surface area contributed by atoms with Gasteiger partial charge >= 0.3 is 6.03 Å². The highest BCUT2D eigenvalue weighted by Gasteiger charge is 2.29. The summed E-state index contributed by atoms with van der Waals surface area (Å²) in [6.07, 6.45) is 5.61. The van der Waals surface area contributed by atoms with E-state index in [1.54, 1.807) is 4.90 Å². The maximum absolute atomic E-state index is 12.6. The predicted molar refractivity (Wildman–Crippen MR) is 99.9 cm³/mol. The molecule has 0 spiro atoms. The van der Waals surface area contributed by atoms with Crippen molar-refractivity contribution in [3.05, 3.63) is 28.8 Å². The lowest BCUT2D eigenvalue weighted by molar-refractivity contribution is -0.137. The van der Waals surface area contributed by atoms with Gasteiger partial charge in [0.1, 0.15) is 0 Å². The molecule has 1 heterocycles. The Labute approximate surface area is 154 Å². The zero-order chi connectivity index (χ0) is 17.8. The molecule has 25 heavy (non-hydrogen) atoms. The number of anilines is 1. The summed E-state index contributed by atoms with van der Waals surface area (Å²) in [5.74, 6) is 0.474. The van der Waals surface area contributed by atoms with Crippen LogP contribution in [0, 0.1) is 12.8 Å². The topological polar surface area (TPSA) is 52.7 Å². The Morgan fingerprint density at radius 2 is 1.68 bits per heavy atom. The minimum Gasteiger partial charge on any atom is -0.339 e. The lowest BCUT2D eigenvalue weighted by Gasteiger charge is -2.37. The standard InChI is InChI=1S/C19H26ClN3O2/c1-14-7-8-17(16(20)13-14)21-19(25)23-11-9-22(10-12-23)18(24)15-5-3-2-4-6-15/h7-8,13,15H,2-6,9-12H2,1H3,(H,21,25). The van der Waals surface area contributed by atoms with Gasteiger partial charge < -0.3 is 15.1 Å². The van der Waals surface area contributed by atoms with Crippen LogP contribution in [-0.4, -0.2) is 47.9 Å². The Morgan fingerprint density at radius 1 is 1.04 bits per heavy atom. The third kappa shape index (κ3) is 4.46. The highest BCUT2D eigenvalue weighted by atomic mass is 35.5. The number of nitrogens with one attached hydrogen (secondary N) is 1. The predicted octanol–water partition coefficient (Wildman–Crippen LogP) is 3.90. The second kappa shape index (κ2) is 8.09. The third-order valence-corrected chi connectivity index (χ3v) is 5.51. The van der Waals surface area contributed by atoms with Gasteiger partial charge in [0.05, 0.1) is 10.7 Å². The Hall–Kier alpha value is -1.75. The molecule has 2 aliphatic rings. The number of amides is 3. The summed E-state index contributed by atoms with van der Waals surface area (Å²) in [5, 5.41) is 3.41. The summed E-state index contributed by atoms with van der Waals surface area (Å²) in [6.45, 7) is 4.32. The minimum atomic E-state index is -0.157. The molecule has 2 fully saturated rings. The average molecular weight is 364 g/mol. The fraction of sp³-hybridized carbons (Fsp3) is 0.579. The van der Waals surface area contributed by atoms with Gasteiger partial charge in [-0.25, -0.2) is 4.79 Å². The number of urea groups is 1. The Morgan fingerprint density at radius 3 is 2.32 bits per heavy atom. The van der Waals surface area contributed by atoms with Gasteiger partial charge in [-0.2, -0.15) is 0 Å². The summed E-state index contributed by atoms with van der Waals surface area (Å²) in [7, 11) is 0. The van der Waals surface area contributed by atoms with E-state index in [2.05, 4.69) is 5.32 Å². The number of carbonyl (C=O) groups excluding carboxylic acids is 2. The highest BCUT2D eigenvalue weighted by Crippen LogP contribution is 2.26. The monoisotopic (exact) mass is 363 g/mol. The summed E-state index contributed by atoms with van der Waals surface area (Å²) >= 11 is 6.18. The van der Waals surface area contributed by atoms with Crippen molar-refractivity contribution < 1.29 is 9.59 Å². The molecular weight excluding hydrogens is 338 g/mol.